The maximum absolute atomic E-state index is 13.6. The summed E-state index contributed by atoms with van der Waals surface area (Å²) in [5, 5.41) is 5.13. The Labute approximate surface area is 207 Å². The van der Waals surface area contributed by atoms with Gasteiger partial charge in [-0.15, -0.1) is 11.3 Å². The summed E-state index contributed by atoms with van der Waals surface area (Å²) < 4.78 is 10.9. The highest BCUT2D eigenvalue weighted by Gasteiger charge is 2.43. The van der Waals surface area contributed by atoms with Crippen LogP contribution < -0.4 is 14.8 Å². The Morgan fingerprint density at radius 3 is 2.38 bits per heavy atom. The zero-order valence-corrected chi connectivity index (χ0v) is 21.7. The first-order valence-electron chi connectivity index (χ1n) is 12.0. The number of nitrogens with one attached hydrogen (secondary N) is 1. The summed E-state index contributed by atoms with van der Waals surface area (Å²) in [6, 6.07) is 7.03. The number of rotatable bonds is 12. The van der Waals surface area contributed by atoms with Crippen molar-refractivity contribution in [2.45, 2.75) is 45.1 Å². The number of carbonyl (C=O) groups is 2. The molecule has 0 saturated heterocycles. The maximum atomic E-state index is 13.6. The molecule has 1 aliphatic rings. The zero-order valence-electron chi connectivity index (χ0n) is 20.9. The molecule has 34 heavy (non-hydrogen) atoms. The molecule has 2 amide bonds. The highest BCUT2D eigenvalue weighted by molar-refractivity contribution is 7.10. The van der Waals surface area contributed by atoms with Gasteiger partial charge in [0.2, 0.25) is 5.91 Å². The SMILES string of the molecule is CCCN(CCC)CCCNC(=O)[C@@H]1c2cc(OC)c(OC)cc2C(=O)N(C)[C@@H]1c1cccs1. The predicted molar refractivity (Wildman–Crippen MR) is 136 cm³/mol. The summed E-state index contributed by atoms with van der Waals surface area (Å²) in [5.74, 6) is 0.232. The van der Waals surface area contributed by atoms with Gasteiger partial charge in [-0.2, -0.15) is 0 Å². The van der Waals surface area contributed by atoms with E-state index in [0.717, 1.165) is 43.8 Å². The van der Waals surface area contributed by atoms with Gasteiger partial charge in [0, 0.05) is 24.0 Å². The quantitative estimate of drug-likeness (QED) is 0.452. The summed E-state index contributed by atoms with van der Waals surface area (Å²) in [6.45, 7) is 8.09. The van der Waals surface area contributed by atoms with E-state index in [0.29, 0.717) is 29.2 Å². The van der Waals surface area contributed by atoms with Crippen molar-refractivity contribution in [3.63, 3.8) is 0 Å². The molecular formula is C26H37N3O4S. The molecule has 2 heterocycles. The van der Waals surface area contributed by atoms with E-state index in [9.17, 15) is 9.59 Å². The van der Waals surface area contributed by atoms with Gasteiger partial charge in [0.1, 0.15) is 0 Å². The molecule has 0 unspecified atom stereocenters. The van der Waals surface area contributed by atoms with Crippen molar-refractivity contribution in [1.29, 1.82) is 0 Å². The lowest BCUT2D eigenvalue weighted by atomic mass is 9.81. The second-order valence-electron chi connectivity index (χ2n) is 8.63. The van der Waals surface area contributed by atoms with E-state index in [1.807, 2.05) is 17.5 Å². The van der Waals surface area contributed by atoms with E-state index >= 15 is 0 Å². The first-order chi connectivity index (χ1) is 16.5. The number of fused-ring (bicyclic) bond motifs is 1. The largest absolute Gasteiger partial charge is 0.493 e. The van der Waals surface area contributed by atoms with Gasteiger partial charge in [-0.1, -0.05) is 19.9 Å². The lowest BCUT2D eigenvalue weighted by molar-refractivity contribution is -0.124. The van der Waals surface area contributed by atoms with Crippen LogP contribution in [-0.2, 0) is 4.79 Å². The van der Waals surface area contributed by atoms with Gasteiger partial charge in [0.15, 0.2) is 11.5 Å². The first kappa shape index (κ1) is 26.0. The van der Waals surface area contributed by atoms with Crippen LogP contribution in [0.2, 0.25) is 0 Å². The number of hydrogen-bond acceptors (Lipinski definition) is 6. The number of likely N-dealkylation sites (N-methyl/N-ethyl adjacent to an activating group) is 1. The van der Waals surface area contributed by atoms with Crippen LogP contribution >= 0.6 is 11.3 Å². The van der Waals surface area contributed by atoms with Crippen molar-refractivity contribution in [2.75, 3.05) is 47.4 Å². The summed E-state index contributed by atoms with van der Waals surface area (Å²) in [5.41, 5.74) is 1.15. The van der Waals surface area contributed by atoms with Crippen LogP contribution in [0.5, 0.6) is 11.5 Å². The Hall–Kier alpha value is -2.58. The normalized spacial score (nSPS) is 17.6. The topological polar surface area (TPSA) is 71.1 Å². The number of hydrogen-bond donors (Lipinski definition) is 1. The number of ether oxygens (including phenoxy) is 2. The van der Waals surface area contributed by atoms with Gasteiger partial charge in [0.05, 0.1) is 26.2 Å². The van der Waals surface area contributed by atoms with Crippen molar-refractivity contribution >= 4 is 23.2 Å². The molecule has 1 aliphatic heterocycles. The van der Waals surface area contributed by atoms with Crippen LogP contribution in [0.3, 0.4) is 0 Å². The molecule has 1 aromatic heterocycles. The van der Waals surface area contributed by atoms with Gasteiger partial charge < -0.3 is 24.6 Å². The number of amides is 2. The lowest BCUT2D eigenvalue weighted by Gasteiger charge is -2.39. The second-order valence-corrected chi connectivity index (χ2v) is 9.61. The van der Waals surface area contributed by atoms with Gasteiger partial charge in [-0.3, -0.25) is 9.59 Å². The minimum Gasteiger partial charge on any atom is -0.493 e. The average molecular weight is 488 g/mol. The molecule has 2 atom stereocenters. The molecule has 0 spiro atoms. The zero-order chi connectivity index (χ0) is 24.7. The van der Waals surface area contributed by atoms with Crippen LogP contribution in [0.1, 0.15) is 65.9 Å². The Kier molecular flexibility index (Phi) is 9.36. The molecule has 0 saturated carbocycles. The number of benzene rings is 1. The highest BCUT2D eigenvalue weighted by atomic mass is 32.1. The molecule has 1 aromatic carbocycles. The third-order valence-electron chi connectivity index (χ3n) is 6.32. The third-order valence-corrected chi connectivity index (χ3v) is 7.26. The van der Waals surface area contributed by atoms with E-state index in [1.54, 1.807) is 49.6 Å². The number of carbonyl (C=O) groups excluding carboxylic acids is 2. The molecule has 1 N–H and O–H groups in total. The smallest absolute Gasteiger partial charge is 0.254 e. The minimum absolute atomic E-state index is 0.0799. The molecular weight excluding hydrogens is 450 g/mol. The molecule has 7 nitrogen and oxygen atoms in total. The minimum atomic E-state index is -0.543. The summed E-state index contributed by atoms with van der Waals surface area (Å²) in [7, 11) is 4.87. The van der Waals surface area contributed by atoms with Crippen LogP contribution in [0, 0.1) is 0 Å². The van der Waals surface area contributed by atoms with Gasteiger partial charge in [-0.25, -0.2) is 0 Å². The predicted octanol–water partition coefficient (Wildman–Crippen LogP) is 4.30. The van der Waals surface area contributed by atoms with Gasteiger partial charge in [-0.05, 0) is 68.0 Å². The molecule has 0 bridgehead atoms. The van der Waals surface area contributed by atoms with Crippen molar-refractivity contribution < 1.29 is 19.1 Å². The van der Waals surface area contributed by atoms with Crippen LogP contribution in [0.25, 0.3) is 0 Å². The molecule has 2 aromatic rings. The summed E-state index contributed by atoms with van der Waals surface area (Å²) in [6.07, 6.45) is 3.13. The van der Waals surface area contributed by atoms with Crippen molar-refractivity contribution in [3.05, 3.63) is 45.6 Å². The van der Waals surface area contributed by atoms with Gasteiger partial charge in [0.25, 0.3) is 5.91 Å². The fourth-order valence-electron chi connectivity index (χ4n) is 4.74. The van der Waals surface area contributed by atoms with Crippen LogP contribution in [0.15, 0.2) is 29.6 Å². The monoisotopic (exact) mass is 487 g/mol. The van der Waals surface area contributed by atoms with Crippen molar-refractivity contribution in [3.8, 4) is 11.5 Å². The van der Waals surface area contributed by atoms with Crippen molar-refractivity contribution in [2.24, 2.45) is 0 Å². The molecule has 0 aliphatic carbocycles. The average Bonchev–Trinajstić information content (AvgIpc) is 3.37. The number of nitrogens with zero attached hydrogens (tertiary/aromatic N) is 2. The molecule has 0 radical (unpaired) electrons. The molecule has 0 fully saturated rings. The maximum Gasteiger partial charge on any atom is 0.254 e. The summed E-state index contributed by atoms with van der Waals surface area (Å²) in [4.78, 5) is 32.1. The third kappa shape index (κ3) is 5.55. The molecule has 8 heteroatoms. The number of methoxy groups -OCH3 is 2. The Bertz CT molecular complexity index is 957. The fourth-order valence-corrected chi connectivity index (χ4v) is 5.64. The van der Waals surface area contributed by atoms with E-state index < -0.39 is 5.92 Å². The Morgan fingerprint density at radius 2 is 1.79 bits per heavy atom. The van der Waals surface area contributed by atoms with Crippen LogP contribution in [-0.4, -0.2) is 69.1 Å². The van der Waals surface area contributed by atoms with Crippen LogP contribution in [0.4, 0.5) is 0 Å². The fraction of sp³-hybridized carbons (Fsp3) is 0.538. The number of thiophene rings is 1. The lowest BCUT2D eigenvalue weighted by Crippen LogP contribution is -2.45. The highest BCUT2D eigenvalue weighted by Crippen LogP contribution is 2.46. The molecule has 3 rings (SSSR count). The Morgan fingerprint density at radius 1 is 1.12 bits per heavy atom. The van der Waals surface area contributed by atoms with E-state index in [4.69, 9.17) is 9.47 Å². The second kappa shape index (κ2) is 12.2. The van der Waals surface area contributed by atoms with E-state index in [-0.39, 0.29) is 17.9 Å². The first-order valence-corrected chi connectivity index (χ1v) is 12.9. The van der Waals surface area contributed by atoms with E-state index in [1.165, 1.54) is 0 Å². The van der Waals surface area contributed by atoms with E-state index in [2.05, 4.69) is 24.1 Å². The Balaban J connectivity index is 1.88. The van der Waals surface area contributed by atoms with Gasteiger partial charge >= 0.3 is 0 Å². The standard InChI is InChI=1S/C26H37N3O4S/c1-6-12-29(13-7-2)14-9-11-27-25(30)23-18-16-20(32-4)21(33-5)17-19(18)26(31)28(3)24(23)22-10-8-15-34-22/h8,10,15-17,23-24H,6-7,9,11-14H2,1-5H3,(H,27,30)/t23-,24-/m1/s1. The summed E-state index contributed by atoms with van der Waals surface area (Å²) >= 11 is 1.56. The molecule has 186 valence electrons. The van der Waals surface area contributed by atoms with Crippen molar-refractivity contribution in [1.82, 2.24) is 15.1 Å².